The van der Waals surface area contributed by atoms with E-state index in [1.807, 2.05) is 0 Å². The van der Waals surface area contributed by atoms with Crippen molar-refractivity contribution in [3.8, 4) is 0 Å². The van der Waals surface area contributed by atoms with Crippen LogP contribution in [0.1, 0.15) is 26.3 Å². The van der Waals surface area contributed by atoms with Crippen LogP contribution in [-0.2, 0) is 4.79 Å². The smallest absolute Gasteiger partial charge is 0.335 e. The van der Waals surface area contributed by atoms with E-state index in [2.05, 4.69) is 5.32 Å². The van der Waals surface area contributed by atoms with Crippen molar-refractivity contribution in [1.82, 2.24) is 0 Å². The van der Waals surface area contributed by atoms with Gasteiger partial charge >= 0.3 is 11.9 Å². The largest absolute Gasteiger partial charge is 0.478 e. The predicted molar refractivity (Wildman–Crippen MR) is 84.4 cm³/mol. The van der Waals surface area contributed by atoms with Gasteiger partial charge in [-0.3, -0.25) is 4.79 Å². The summed E-state index contributed by atoms with van der Waals surface area (Å²) >= 11 is 0. The molecule has 0 saturated carbocycles. The summed E-state index contributed by atoms with van der Waals surface area (Å²) in [6, 6.07) is 8.74. The first-order valence-electron chi connectivity index (χ1n) is 6.71. The van der Waals surface area contributed by atoms with Gasteiger partial charge in [-0.1, -0.05) is 12.1 Å². The fourth-order valence-electron chi connectivity index (χ4n) is 1.88. The second kappa shape index (κ2) is 7.19. The van der Waals surface area contributed by atoms with Gasteiger partial charge < -0.3 is 15.5 Å². The van der Waals surface area contributed by atoms with Crippen LogP contribution in [0.3, 0.4) is 0 Å². The van der Waals surface area contributed by atoms with Crippen molar-refractivity contribution in [3.05, 3.63) is 71.0 Å². The second-order valence-electron chi connectivity index (χ2n) is 4.78. The summed E-state index contributed by atoms with van der Waals surface area (Å²) in [4.78, 5) is 33.9. The highest BCUT2D eigenvalue weighted by atomic mass is 19.1. The summed E-state index contributed by atoms with van der Waals surface area (Å²) in [5.41, 5.74) is 0.124. The van der Waals surface area contributed by atoms with Crippen molar-refractivity contribution in [2.45, 2.75) is 0 Å². The molecule has 0 aliphatic heterocycles. The highest BCUT2D eigenvalue weighted by Crippen LogP contribution is 2.16. The van der Waals surface area contributed by atoms with Gasteiger partial charge in [0.1, 0.15) is 5.82 Å². The molecule has 0 aromatic heterocycles. The van der Waals surface area contributed by atoms with Crippen molar-refractivity contribution in [3.63, 3.8) is 0 Å². The molecule has 2 aromatic carbocycles. The molecule has 0 fully saturated rings. The monoisotopic (exact) mass is 329 g/mol. The lowest BCUT2D eigenvalue weighted by Crippen LogP contribution is -2.10. The maximum absolute atomic E-state index is 12.8. The van der Waals surface area contributed by atoms with Gasteiger partial charge in [-0.2, -0.15) is 0 Å². The van der Waals surface area contributed by atoms with Crippen LogP contribution in [0.5, 0.6) is 0 Å². The number of carbonyl (C=O) groups excluding carboxylic acids is 1. The number of carbonyl (C=O) groups is 3. The van der Waals surface area contributed by atoms with E-state index in [-0.39, 0.29) is 16.8 Å². The molecular formula is C17H12FNO5. The van der Waals surface area contributed by atoms with E-state index in [1.165, 1.54) is 36.4 Å². The average Bonchev–Trinajstić information content (AvgIpc) is 2.54. The molecule has 7 heteroatoms. The van der Waals surface area contributed by atoms with Crippen LogP contribution in [-0.4, -0.2) is 28.1 Å². The number of carboxylic acids is 2. The number of rotatable bonds is 5. The van der Waals surface area contributed by atoms with Crippen molar-refractivity contribution < 1.29 is 29.0 Å². The molecule has 0 radical (unpaired) electrons. The minimum Gasteiger partial charge on any atom is -0.478 e. The van der Waals surface area contributed by atoms with Gasteiger partial charge in [0.25, 0.3) is 0 Å². The Hall–Kier alpha value is -3.48. The predicted octanol–water partition coefficient (Wildman–Crippen LogP) is 2.87. The van der Waals surface area contributed by atoms with E-state index in [9.17, 15) is 18.8 Å². The Morgan fingerprint density at radius 3 is 1.96 bits per heavy atom. The molecular weight excluding hydrogens is 317 g/mol. The number of hydrogen-bond donors (Lipinski definition) is 3. The van der Waals surface area contributed by atoms with E-state index in [0.29, 0.717) is 5.56 Å². The molecule has 0 spiro atoms. The van der Waals surface area contributed by atoms with Crippen LogP contribution in [0.2, 0.25) is 0 Å². The molecule has 1 amide bonds. The van der Waals surface area contributed by atoms with Gasteiger partial charge in [-0.15, -0.1) is 0 Å². The lowest BCUT2D eigenvalue weighted by atomic mass is 10.1. The maximum atomic E-state index is 12.8. The number of anilines is 1. The quantitative estimate of drug-likeness (QED) is 0.732. The molecule has 2 aromatic rings. The molecule has 6 nitrogen and oxygen atoms in total. The minimum atomic E-state index is -1.31. The Kier molecular flexibility index (Phi) is 5.06. The Morgan fingerprint density at radius 2 is 1.46 bits per heavy atom. The van der Waals surface area contributed by atoms with E-state index in [4.69, 9.17) is 10.2 Å². The molecule has 0 heterocycles. The van der Waals surface area contributed by atoms with Crippen LogP contribution >= 0.6 is 0 Å². The van der Waals surface area contributed by atoms with E-state index >= 15 is 0 Å². The van der Waals surface area contributed by atoms with Gasteiger partial charge in [-0.25, -0.2) is 14.0 Å². The first kappa shape index (κ1) is 16.9. The summed E-state index contributed by atoms with van der Waals surface area (Å²) in [5.74, 6) is -3.60. The Balaban J connectivity index is 2.17. The van der Waals surface area contributed by atoms with Gasteiger partial charge in [0.15, 0.2) is 0 Å². The summed E-state index contributed by atoms with van der Waals surface area (Å²) in [7, 11) is 0. The van der Waals surface area contributed by atoms with Gasteiger partial charge in [0.2, 0.25) is 5.91 Å². The topological polar surface area (TPSA) is 104 Å². The summed E-state index contributed by atoms with van der Waals surface area (Å²) in [5, 5.41) is 20.3. The van der Waals surface area contributed by atoms with Crippen LogP contribution < -0.4 is 5.32 Å². The molecule has 0 saturated heterocycles. The molecule has 0 unspecified atom stereocenters. The van der Waals surface area contributed by atoms with Gasteiger partial charge in [-0.05, 0) is 42.0 Å². The summed E-state index contributed by atoms with van der Waals surface area (Å²) < 4.78 is 12.8. The van der Waals surface area contributed by atoms with Crippen molar-refractivity contribution in [1.29, 1.82) is 0 Å². The number of hydrogen-bond acceptors (Lipinski definition) is 3. The SMILES string of the molecule is O=C(/C=C/c1ccc(F)cc1)Nc1cc(C(=O)O)cc(C(=O)O)c1. The van der Waals surface area contributed by atoms with Crippen molar-refractivity contribution >= 4 is 29.6 Å². The third-order valence-corrected chi connectivity index (χ3v) is 2.99. The van der Waals surface area contributed by atoms with Crippen LogP contribution in [0.4, 0.5) is 10.1 Å². The van der Waals surface area contributed by atoms with Crippen LogP contribution in [0.15, 0.2) is 48.5 Å². The fraction of sp³-hybridized carbons (Fsp3) is 0. The van der Waals surface area contributed by atoms with Crippen molar-refractivity contribution in [2.75, 3.05) is 5.32 Å². The van der Waals surface area contributed by atoms with E-state index < -0.39 is 23.7 Å². The molecule has 0 atom stereocenters. The number of halogens is 1. The normalized spacial score (nSPS) is 10.5. The highest BCUT2D eigenvalue weighted by molar-refractivity contribution is 6.04. The zero-order chi connectivity index (χ0) is 17.7. The first-order valence-corrected chi connectivity index (χ1v) is 6.71. The zero-order valence-electron chi connectivity index (χ0n) is 12.2. The van der Waals surface area contributed by atoms with Crippen LogP contribution in [0, 0.1) is 5.82 Å². The molecule has 0 bridgehead atoms. The average molecular weight is 329 g/mol. The first-order chi connectivity index (χ1) is 11.3. The Morgan fingerprint density at radius 1 is 0.917 bits per heavy atom. The number of aromatic carboxylic acids is 2. The van der Waals surface area contributed by atoms with E-state index in [1.54, 1.807) is 0 Å². The Bertz CT molecular complexity index is 795. The van der Waals surface area contributed by atoms with Gasteiger partial charge in [0.05, 0.1) is 11.1 Å². The lowest BCUT2D eigenvalue weighted by Gasteiger charge is -2.06. The summed E-state index contributed by atoms with van der Waals surface area (Å²) in [6.07, 6.45) is 2.61. The van der Waals surface area contributed by atoms with Crippen molar-refractivity contribution in [2.24, 2.45) is 0 Å². The minimum absolute atomic E-state index is 0.0426. The molecule has 0 aliphatic carbocycles. The third-order valence-electron chi connectivity index (χ3n) is 2.99. The third kappa shape index (κ3) is 4.51. The van der Waals surface area contributed by atoms with Crippen LogP contribution in [0.25, 0.3) is 6.08 Å². The number of benzene rings is 2. The lowest BCUT2D eigenvalue weighted by molar-refractivity contribution is -0.111. The number of nitrogens with one attached hydrogen (secondary N) is 1. The zero-order valence-corrected chi connectivity index (χ0v) is 12.2. The number of amides is 1. The standard InChI is InChI=1S/C17H12FNO5/c18-13-4-1-10(2-5-13)3-6-15(20)19-14-8-11(16(21)22)7-12(9-14)17(23)24/h1-9H,(H,19,20)(H,21,22)(H,23,24)/b6-3+. The molecule has 122 valence electrons. The molecule has 0 aliphatic rings. The molecule has 3 N–H and O–H groups in total. The summed E-state index contributed by atoms with van der Waals surface area (Å²) in [6.45, 7) is 0. The Labute approximate surface area is 135 Å². The highest BCUT2D eigenvalue weighted by Gasteiger charge is 2.12. The fourth-order valence-corrected chi connectivity index (χ4v) is 1.88. The second-order valence-corrected chi connectivity index (χ2v) is 4.78. The van der Waals surface area contributed by atoms with E-state index in [0.717, 1.165) is 18.2 Å². The molecule has 2 rings (SSSR count). The molecule has 24 heavy (non-hydrogen) atoms. The number of carboxylic acid groups (broad SMARTS) is 2. The maximum Gasteiger partial charge on any atom is 0.335 e. The van der Waals surface area contributed by atoms with Gasteiger partial charge in [0, 0.05) is 11.8 Å².